The van der Waals surface area contributed by atoms with Gasteiger partial charge in [-0.1, -0.05) is 0 Å². The van der Waals surface area contributed by atoms with Crippen molar-refractivity contribution in [1.82, 2.24) is 20.2 Å². The number of nitrogens with one attached hydrogen (secondary N) is 2. The minimum absolute atomic E-state index is 0.739. The van der Waals surface area contributed by atoms with Crippen molar-refractivity contribution >= 4 is 38.3 Å². The number of benzene rings is 1. The van der Waals surface area contributed by atoms with Gasteiger partial charge in [-0.25, -0.2) is 9.97 Å². The lowest BCUT2D eigenvalue weighted by Crippen LogP contribution is -1.94. The number of fused-ring (bicyclic) bond motifs is 1. The molecule has 17 heavy (non-hydrogen) atoms. The Labute approximate surface area is 105 Å². The largest absolute Gasteiger partial charge is 0.339 e. The highest BCUT2D eigenvalue weighted by Crippen LogP contribution is 2.24. The highest BCUT2D eigenvalue weighted by molar-refractivity contribution is 9.10. The molecule has 0 unspecified atom stereocenters. The summed E-state index contributed by atoms with van der Waals surface area (Å²) >= 11 is 3.39. The van der Waals surface area contributed by atoms with Gasteiger partial charge in [0.25, 0.3) is 0 Å². The molecule has 3 rings (SSSR count). The van der Waals surface area contributed by atoms with E-state index in [2.05, 4.69) is 41.4 Å². The Kier molecular flexibility index (Phi) is 2.49. The van der Waals surface area contributed by atoms with E-state index >= 15 is 0 Å². The summed E-state index contributed by atoms with van der Waals surface area (Å²) in [7, 11) is 0. The molecule has 0 aliphatic carbocycles. The van der Waals surface area contributed by atoms with Crippen LogP contribution < -0.4 is 5.32 Å². The number of aromatic nitrogens is 4. The number of halogens is 1. The van der Waals surface area contributed by atoms with Gasteiger partial charge in [0.1, 0.15) is 12.1 Å². The van der Waals surface area contributed by atoms with Crippen molar-refractivity contribution in [2.24, 2.45) is 0 Å². The molecule has 0 saturated carbocycles. The lowest BCUT2D eigenvalue weighted by atomic mass is 10.2. The molecule has 1 aromatic carbocycles. The summed E-state index contributed by atoms with van der Waals surface area (Å²) in [5.41, 5.74) is 1.97. The van der Waals surface area contributed by atoms with Crippen molar-refractivity contribution in [2.45, 2.75) is 0 Å². The molecule has 2 aromatic heterocycles. The molecule has 0 spiro atoms. The lowest BCUT2D eigenvalue weighted by Gasteiger charge is -2.06. The minimum atomic E-state index is 0.739. The standard InChI is InChI=1S/C11H8BrN5/c12-9-5-13-6-14-11(9)16-8-1-2-10-7(3-8)4-15-17-10/h1-6H,(H,15,17)(H,13,14,16). The maximum atomic E-state index is 4.15. The smallest absolute Gasteiger partial charge is 0.148 e. The van der Waals surface area contributed by atoms with Crippen LogP contribution in [0.3, 0.4) is 0 Å². The van der Waals surface area contributed by atoms with E-state index < -0.39 is 0 Å². The summed E-state index contributed by atoms with van der Waals surface area (Å²) in [6.45, 7) is 0. The van der Waals surface area contributed by atoms with E-state index in [1.165, 1.54) is 6.33 Å². The summed E-state index contributed by atoms with van der Waals surface area (Å²) in [6.07, 6.45) is 4.99. The summed E-state index contributed by atoms with van der Waals surface area (Å²) in [6, 6.07) is 5.95. The third kappa shape index (κ3) is 1.99. The van der Waals surface area contributed by atoms with E-state index in [1.807, 2.05) is 18.2 Å². The van der Waals surface area contributed by atoms with E-state index in [1.54, 1.807) is 12.4 Å². The third-order valence-corrected chi connectivity index (χ3v) is 2.95. The molecule has 0 fully saturated rings. The third-order valence-electron chi connectivity index (χ3n) is 2.37. The van der Waals surface area contributed by atoms with Crippen LogP contribution in [0.5, 0.6) is 0 Å². The summed E-state index contributed by atoms with van der Waals surface area (Å²) in [4.78, 5) is 8.06. The maximum Gasteiger partial charge on any atom is 0.148 e. The van der Waals surface area contributed by atoms with E-state index in [9.17, 15) is 0 Å². The first-order valence-corrected chi connectivity index (χ1v) is 5.78. The quantitative estimate of drug-likeness (QED) is 0.761. The number of H-pyrrole nitrogens is 1. The van der Waals surface area contributed by atoms with E-state index in [4.69, 9.17) is 0 Å². The van der Waals surface area contributed by atoms with Crippen molar-refractivity contribution < 1.29 is 0 Å². The van der Waals surface area contributed by atoms with Gasteiger partial charge in [0.2, 0.25) is 0 Å². The first-order chi connectivity index (χ1) is 8.33. The maximum absolute atomic E-state index is 4.15. The first kappa shape index (κ1) is 10.2. The Bertz CT molecular complexity index is 664. The molecule has 2 N–H and O–H groups in total. The van der Waals surface area contributed by atoms with Crippen molar-refractivity contribution in [1.29, 1.82) is 0 Å². The zero-order chi connectivity index (χ0) is 11.7. The number of hydrogen-bond acceptors (Lipinski definition) is 4. The van der Waals surface area contributed by atoms with Gasteiger partial charge in [0.15, 0.2) is 0 Å². The molecule has 84 valence electrons. The molecular weight excluding hydrogens is 282 g/mol. The molecule has 0 bridgehead atoms. The van der Waals surface area contributed by atoms with Crippen LogP contribution in [-0.4, -0.2) is 20.2 Å². The van der Waals surface area contributed by atoms with Crippen LogP contribution >= 0.6 is 15.9 Å². The van der Waals surface area contributed by atoms with Gasteiger partial charge in [0, 0.05) is 17.3 Å². The highest BCUT2D eigenvalue weighted by Gasteiger charge is 2.02. The SMILES string of the molecule is Brc1cncnc1Nc1ccc2[nH]ncc2c1. The second kappa shape index (κ2) is 4.14. The van der Waals surface area contributed by atoms with Crippen molar-refractivity contribution in [2.75, 3.05) is 5.32 Å². The number of nitrogens with zero attached hydrogens (tertiary/aromatic N) is 3. The van der Waals surface area contributed by atoms with Crippen LogP contribution in [0.15, 0.2) is 41.4 Å². The lowest BCUT2D eigenvalue weighted by molar-refractivity contribution is 1.12. The van der Waals surface area contributed by atoms with E-state index in [-0.39, 0.29) is 0 Å². The molecule has 0 radical (unpaired) electrons. The van der Waals surface area contributed by atoms with Crippen molar-refractivity contribution in [3.63, 3.8) is 0 Å². The average Bonchev–Trinajstić information content (AvgIpc) is 2.79. The second-order valence-electron chi connectivity index (χ2n) is 3.52. The number of aromatic amines is 1. The number of rotatable bonds is 2. The molecule has 0 aliphatic rings. The summed E-state index contributed by atoms with van der Waals surface area (Å²) < 4.78 is 0.826. The van der Waals surface area contributed by atoms with Crippen molar-refractivity contribution in [3.8, 4) is 0 Å². The topological polar surface area (TPSA) is 66.5 Å². The second-order valence-corrected chi connectivity index (χ2v) is 4.37. The van der Waals surface area contributed by atoms with Crippen LogP contribution in [0.25, 0.3) is 10.9 Å². The average molecular weight is 290 g/mol. The first-order valence-electron chi connectivity index (χ1n) is 4.98. The Morgan fingerprint density at radius 1 is 1.24 bits per heavy atom. The molecule has 0 saturated heterocycles. The summed E-state index contributed by atoms with van der Waals surface area (Å²) in [5, 5.41) is 11.2. The molecule has 0 amide bonds. The van der Waals surface area contributed by atoms with Gasteiger partial charge < -0.3 is 5.32 Å². The molecule has 5 nitrogen and oxygen atoms in total. The zero-order valence-electron chi connectivity index (χ0n) is 8.68. The van der Waals surface area contributed by atoms with E-state index in [0.717, 1.165) is 26.9 Å². The van der Waals surface area contributed by atoms with Crippen LogP contribution in [0.1, 0.15) is 0 Å². The Hall–Kier alpha value is -1.95. The monoisotopic (exact) mass is 289 g/mol. The Morgan fingerprint density at radius 3 is 3.06 bits per heavy atom. The van der Waals surface area contributed by atoms with Gasteiger partial charge >= 0.3 is 0 Å². The van der Waals surface area contributed by atoms with Crippen molar-refractivity contribution in [3.05, 3.63) is 41.4 Å². The molecule has 2 heterocycles. The number of hydrogen-bond donors (Lipinski definition) is 2. The van der Waals surface area contributed by atoms with Gasteiger partial charge in [-0.15, -0.1) is 0 Å². The predicted octanol–water partition coefficient (Wildman–Crippen LogP) is 2.86. The number of anilines is 2. The zero-order valence-corrected chi connectivity index (χ0v) is 10.3. The van der Waals surface area contributed by atoms with Gasteiger partial charge in [-0.05, 0) is 34.1 Å². The molecule has 6 heteroatoms. The predicted molar refractivity (Wildman–Crippen MR) is 69.1 cm³/mol. The Balaban J connectivity index is 1.97. The van der Waals surface area contributed by atoms with Crippen LogP contribution in [0.4, 0.5) is 11.5 Å². The molecule has 0 atom stereocenters. The van der Waals surface area contributed by atoms with E-state index in [0.29, 0.717) is 0 Å². The molecule has 3 aromatic rings. The van der Waals surface area contributed by atoms with Gasteiger partial charge in [-0.2, -0.15) is 5.10 Å². The highest BCUT2D eigenvalue weighted by atomic mass is 79.9. The summed E-state index contributed by atoms with van der Waals surface area (Å²) in [5.74, 6) is 0.739. The van der Waals surface area contributed by atoms with Gasteiger partial charge in [-0.3, -0.25) is 5.10 Å². The fourth-order valence-electron chi connectivity index (χ4n) is 1.56. The Morgan fingerprint density at radius 2 is 2.18 bits per heavy atom. The molecule has 0 aliphatic heterocycles. The normalized spacial score (nSPS) is 10.6. The van der Waals surface area contributed by atoms with Crippen LogP contribution in [0, 0.1) is 0 Å². The minimum Gasteiger partial charge on any atom is -0.339 e. The fraction of sp³-hybridized carbons (Fsp3) is 0. The fourth-order valence-corrected chi connectivity index (χ4v) is 1.88. The van der Waals surface area contributed by atoms with Crippen LogP contribution in [0.2, 0.25) is 0 Å². The van der Waals surface area contributed by atoms with Crippen LogP contribution in [-0.2, 0) is 0 Å². The molecular formula is C11H8BrN5. The van der Waals surface area contributed by atoms with Gasteiger partial charge in [0.05, 0.1) is 16.2 Å².